The molecule has 0 saturated heterocycles. The molecule has 0 aromatic heterocycles. The van der Waals surface area contributed by atoms with Crippen LogP contribution in [-0.2, 0) is 10.1 Å². The summed E-state index contributed by atoms with van der Waals surface area (Å²) < 4.78 is 380. The number of rotatable bonds is 12. The molecule has 43 heavy (non-hydrogen) atoms. The van der Waals surface area contributed by atoms with E-state index in [0.717, 1.165) is 0 Å². The van der Waals surface area contributed by atoms with Crippen LogP contribution in [0, 0.1) is 0 Å². The summed E-state index contributed by atoms with van der Waals surface area (Å²) in [4.78, 5) is 0. The molecule has 0 aliphatic rings. The second kappa shape index (κ2) is 8.59. The van der Waals surface area contributed by atoms with Crippen LogP contribution in [0.3, 0.4) is 0 Å². The highest BCUT2D eigenvalue weighted by Crippen LogP contribution is 3.06. The van der Waals surface area contributed by atoms with Crippen molar-refractivity contribution >= 4 is 20.3 Å². The maximum Gasteiger partial charge on any atom is 0.450 e. The largest absolute Gasteiger partial charge is 0.450 e. The molecule has 0 radical (unpaired) electrons. The maximum atomic E-state index is 13.5. The molecule has 0 heterocycles. The molecule has 0 aliphatic heterocycles. The fourth-order valence-electron chi connectivity index (χ4n) is 2.15. The highest BCUT2D eigenvalue weighted by atomic mass is 32.5. The average molecular weight is 758 g/mol. The van der Waals surface area contributed by atoms with Crippen LogP contribution in [-0.4, -0.2) is 76.8 Å². The Morgan fingerprint density at radius 1 is 0.349 bits per heavy atom. The summed E-state index contributed by atoms with van der Waals surface area (Å²) >= 11 is 0. The van der Waals surface area contributed by atoms with E-state index in [-0.39, 0.29) is 0 Å². The van der Waals surface area contributed by atoms with Crippen LogP contribution in [0.25, 0.3) is 0 Å². The number of halogens is 27. The van der Waals surface area contributed by atoms with Gasteiger partial charge in [-0.15, -0.1) is 0 Å². The Kier molecular flexibility index (Phi) is 8.26. The highest BCUT2D eigenvalue weighted by Gasteiger charge is 3.03. The molecule has 264 valence electrons. The van der Waals surface area contributed by atoms with Crippen molar-refractivity contribution in [3.8, 4) is 0 Å². The van der Waals surface area contributed by atoms with E-state index in [4.69, 9.17) is 4.55 Å². The Hall–Kier alpha value is -1.63. The first kappa shape index (κ1) is 41.4. The zero-order valence-corrected chi connectivity index (χ0v) is 19.4. The lowest BCUT2D eigenvalue weighted by molar-refractivity contribution is -0.470. The maximum absolute atomic E-state index is 13.8. The van der Waals surface area contributed by atoms with Gasteiger partial charge in [-0.25, -0.2) is 0 Å². The van der Waals surface area contributed by atoms with Crippen LogP contribution in [0.1, 0.15) is 0 Å². The van der Waals surface area contributed by atoms with Crippen LogP contribution in [0.5, 0.6) is 0 Å². The monoisotopic (exact) mass is 758 g/mol. The van der Waals surface area contributed by atoms with Gasteiger partial charge in [0.05, 0.1) is 0 Å². The molecule has 0 aliphatic carbocycles. The van der Waals surface area contributed by atoms with Crippen molar-refractivity contribution in [2.45, 2.75) is 63.8 Å². The van der Waals surface area contributed by atoms with Gasteiger partial charge in [0.25, 0.3) is 0 Å². The van der Waals surface area contributed by atoms with Gasteiger partial charge in [0.1, 0.15) is 0 Å². The Balaban J connectivity index is 7.60. The molecule has 32 heteroatoms. The zero-order chi connectivity index (χ0) is 36.4. The third kappa shape index (κ3) is 4.71. The average Bonchev–Trinajstić information content (AvgIpc) is 2.69. The van der Waals surface area contributed by atoms with Gasteiger partial charge in [0.2, 0.25) is 0 Å². The van der Waals surface area contributed by atoms with Crippen LogP contribution in [0.4, 0.5) is 116 Å². The number of alkyl halides is 22. The van der Waals surface area contributed by atoms with Crippen LogP contribution in [0.2, 0.25) is 0 Å². The second-order valence-corrected chi connectivity index (χ2v) is 11.6. The Morgan fingerprint density at radius 2 is 0.512 bits per heavy atom. The van der Waals surface area contributed by atoms with Gasteiger partial charge in [-0.2, -0.15) is 105 Å². The Bertz CT molecular complexity index is 1210. The topological polar surface area (TPSA) is 54.4 Å². The SMILES string of the molecule is O=S(=O)(O)C(F)(F)C(F)(F)C(F)(F)C(F)(F)C(F)(F)C(F)(F)C(F)(F)C(F)(F)C(F)(F)C(F)(F)C(F)(F)S(F)(F)(F)(F)F. The van der Waals surface area contributed by atoms with Gasteiger partial charge in [-0.1, -0.05) is 19.4 Å². The van der Waals surface area contributed by atoms with Gasteiger partial charge < -0.3 is 0 Å². The van der Waals surface area contributed by atoms with Crippen molar-refractivity contribution in [1.82, 2.24) is 0 Å². The third-order valence-corrected chi connectivity index (χ3v) is 6.82. The minimum absolute atomic E-state index is 7.70. The molecule has 0 saturated carbocycles. The summed E-state index contributed by atoms with van der Waals surface area (Å²) in [7, 11) is -22.1. The molecule has 0 fully saturated rings. The molecule has 0 spiro atoms. The first-order chi connectivity index (χ1) is 17.5. The summed E-state index contributed by atoms with van der Waals surface area (Å²) in [5.74, 6) is -87.8. The lowest BCUT2D eigenvalue weighted by atomic mass is 9.86. The number of hydrogen-bond donors (Lipinski definition) is 1. The minimum atomic E-state index is -13.8. The first-order valence-electron chi connectivity index (χ1n) is 8.35. The molecule has 0 aromatic rings. The van der Waals surface area contributed by atoms with Gasteiger partial charge in [0, 0.05) is 0 Å². The second-order valence-electron chi connectivity index (χ2n) is 7.65. The molecule has 3 nitrogen and oxygen atoms in total. The fourth-order valence-corrected chi connectivity index (χ4v) is 3.21. The smallest absolute Gasteiger partial charge is 0.281 e. The lowest BCUT2D eigenvalue weighted by Gasteiger charge is -2.51. The third-order valence-electron chi connectivity index (χ3n) is 4.69. The van der Waals surface area contributed by atoms with E-state index in [9.17, 15) is 124 Å². The number of hydrogen-bond acceptors (Lipinski definition) is 2. The molecule has 0 bridgehead atoms. The quantitative estimate of drug-likeness (QED) is 0.160. The fraction of sp³-hybridized carbons (Fsp3) is 1.00. The van der Waals surface area contributed by atoms with Gasteiger partial charge in [-0.3, -0.25) is 4.55 Å². The summed E-state index contributed by atoms with van der Waals surface area (Å²) in [6, 6.07) is 0. The van der Waals surface area contributed by atoms with Gasteiger partial charge in [0.15, 0.2) is 0 Å². The summed E-state index contributed by atoms with van der Waals surface area (Å²) in [6.45, 7) is 0. The van der Waals surface area contributed by atoms with Gasteiger partial charge >= 0.3 is 84.2 Å². The van der Waals surface area contributed by atoms with Crippen LogP contribution >= 0.6 is 10.2 Å². The molecule has 0 atom stereocenters. The van der Waals surface area contributed by atoms with Crippen molar-refractivity contribution in [1.29, 1.82) is 0 Å². The van der Waals surface area contributed by atoms with Crippen molar-refractivity contribution in [3.05, 3.63) is 0 Å². The summed E-state index contributed by atoms with van der Waals surface area (Å²) in [5, 5.41) is -18.4. The molecule has 0 rings (SSSR count). The normalized spacial score (nSPS) is 18.8. The standard InChI is InChI=1S/C11HF27O3S2/c12-1(13,2(14,15)4(18,19)6(22,23)8(26,27)10(30,31)42(39,40)41)3(16,17)5(20,21)7(24,25)9(28,29)11(32,33)43(34,35,36,37)38/h(H,39,40,41). The molecule has 0 aromatic carbocycles. The summed E-state index contributed by atoms with van der Waals surface area (Å²) in [6.07, 6.45) is 0. The molecule has 0 unspecified atom stereocenters. The van der Waals surface area contributed by atoms with Crippen molar-refractivity contribution in [3.63, 3.8) is 0 Å². The van der Waals surface area contributed by atoms with Crippen LogP contribution < -0.4 is 0 Å². The van der Waals surface area contributed by atoms with E-state index in [1.807, 2.05) is 0 Å². The zero-order valence-electron chi connectivity index (χ0n) is 17.8. The lowest BCUT2D eigenvalue weighted by Crippen LogP contribution is -2.78. The van der Waals surface area contributed by atoms with Crippen LogP contribution in [0.15, 0.2) is 0 Å². The first-order valence-corrected chi connectivity index (χ1v) is 11.7. The molecule has 1 N–H and O–H groups in total. The van der Waals surface area contributed by atoms with E-state index in [0.29, 0.717) is 0 Å². The molecular weight excluding hydrogens is 757 g/mol. The Labute approximate surface area is 214 Å². The van der Waals surface area contributed by atoms with Crippen molar-refractivity contribution in [2.75, 3.05) is 0 Å². The Morgan fingerprint density at radius 3 is 0.674 bits per heavy atom. The predicted molar refractivity (Wildman–Crippen MR) is 79.1 cm³/mol. The van der Waals surface area contributed by atoms with E-state index < -0.39 is 84.2 Å². The van der Waals surface area contributed by atoms with Gasteiger partial charge in [-0.05, 0) is 0 Å². The van der Waals surface area contributed by atoms with E-state index >= 15 is 0 Å². The minimum Gasteiger partial charge on any atom is -0.281 e. The molecule has 0 amide bonds. The van der Waals surface area contributed by atoms with E-state index in [1.165, 1.54) is 0 Å². The molecular formula is C11HF27O3S2. The van der Waals surface area contributed by atoms with E-state index in [2.05, 4.69) is 0 Å². The van der Waals surface area contributed by atoms with Crippen molar-refractivity contribution in [2.24, 2.45) is 0 Å². The van der Waals surface area contributed by atoms with Crippen molar-refractivity contribution < 1.29 is 129 Å². The van der Waals surface area contributed by atoms with E-state index in [1.54, 1.807) is 0 Å². The highest BCUT2D eigenvalue weighted by molar-refractivity contribution is 8.46. The predicted octanol–water partition coefficient (Wildman–Crippen LogP) is 9.08. The summed E-state index contributed by atoms with van der Waals surface area (Å²) in [5.41, 5.74) is 0.